The van der Waals surface area contributed by atoms with Crippen LogP contribution in [0.25, 0.3) is 0 Å². The summed E-state index contributed by atoms with van der Waals surface area (Å²) in [4.78, 5) is 37.5. The highest BCUT2D eigenvalue weighted by Crippen LogP contribution is 2.39. The SMILES string of the molecule is CCCC.CCCC(CC1CC(=O)c2c(C)c(C)cc(C(C)C)c2C1)C(CC)C(=O)CC(C)=O. The fourth-order valence-electron chi connectivity index (χ4n) is 5.48. The molecule has 1 aromatic rings. The molecular weight excluding hydrogens is 420 g/mol. The van der Waals surface area contributed by atoms with Crippen LogP contribution < -0.4 is 0 Å². The zero-order chi connectivity index (χ0) is 26.0. The van der Waals surface area contributed by atoms with Gasteiger partial charge in [0.25, 0.3) is 0 Å². The lowest BCUT2D eigenvalue weighted by Crippen LogP contribution is -2.30. The quantitative estimate of drug-likeness (QED) is 0.305. The van der Waals surface area contributed by atoms with Gasteiger partial charge in [0.15, 0.2) is 5.78 Å². The number of fused-ring (bicyclic) bond motifs is 1. The van der Waals surface area contributed by atoms with Gasteiger partial charge in [0.1, 0.15) is 11.6 Å². The highest BCUT2D eigenvalue weighted by atomic mass is 16.1. The van der Waals surface area contributed by atoms with Crippen molar-refractivity contribution in [2.75, 3.05) is 0 Å². The van der Waals surface area contributed by atoms with E-state index in [1.165, 1.54) is 36.5 Å². The normalized spacial score (nSPS) is 17.0. The Labute approximate surface area is 209 Å². The van der Waals surface area contributed by atoms with Gasteiger partial charge in [-0.25, -0.2) is 0 Å². The second-order valence-electron chi connectivity index (χ2n) is 10.8. The molecule has 1 aromatic carbocycles. The maximum atomic E-state index is 13.2. The molecule has 0 bridgehead atoms. The highest BCUT2D eigenvalue weighted by Gasteiger charge is 2.34. The summed E-state index contributed by atoms with van der Waals surface area (Å²) in [6, 6.07) is 2.27. The number of rotatable bonds is 11. The number of carbonyl (C=O) groups is 3. The molecule has 1 aliphatic rings. The van der Waals surface area contributed by atoms with Gasteiger partial charge in [-0.3, -0.25) is 14.4 Å². The topological polar surface area (TPSA) is 51.2 Å². The van der Waals surface area contributed by atoms with Crippen LogP contribution in [0.4, 0.5) is 0 Å². The fraction of sp³-hybridized carbons (Fsp3) is 0.710. The molecule has 3 heteroatoms. The van der Waals surface area contributed by atoms with E-state index in [0.29, 0.717) is 12.3 Å². The summed E-state index contributed by atoms with van der Waals surface area (Å²) in [6.45, 7) is 18.6. The first kappa shape index (κ1) is 30.3. The van der Waals surface area contributed by atoms with Gasteiger partial charge in [0.2, 0.25) is 0 Å². The minimum Gasteiger partial charge on any atom is -0.300 e. The number of benzene rings is 1. The molecule has 3 unspecified atom stereocenters. The van der Waals surface area contributed by atoms with Crippen molar-refractivity contribution in [3.63, 3.8) is 0 Å². The number of Topliss-reactive ketones (excluding diaryl/α,β-unsaturated/α-hetero) is 3. The first-order chi connectivity index (χ1) is 16.0. The molecule has 0 N–H and O–H groups in total. The molecular formula is C31H50O3. The van der Waals surface area contributed by atoms with E-state index in [1.54, 1.807) is 0 Å². The molecule has 0 amide bonds. The standard InChI is InChI=1S/C27H40O3.C4H10/c1-8-10-21(22(9-2)25(29)12-18(6)28)13-20-14-24-23(16(3)4)11-17(5)19(7)27(24)26(30)15-20;1-3-4-2/h11,16,20-22H,8-10,12-15H2,1-7H3;3-4H2,1-2H3. The van der Waals surface area contributed by atoms with Crippen LogP contribution in [-0.2, 0) is 16.0 Å². The van der Waals surface area contributed by atoms with Crippen molar-refractivity contribution in [3.8, 4) is 0 Å². The third-order valence-corrected chi connectivity index (χ3v) is 7.50. The molecule has 3 nitrogen and oxygen atoms in total. The van der Waals surface area contributed by atoms with Gasteiger partial charge >= 0.3 is 0 Å². The van der Waals surface area contributed by atoms with Crippen LogP contribution in [0.1, 0.15) is 138 Å². The molecule has 0 aliphatic heterocycles. The highest BCUT2D eigenvalue weighted by molar-refractivity contribution is 6.01. The van der Waals surface area contributed by atoms with Gasteiger partial charge in [-0.1, -0.05) is 73.3 Å². The number of ketones is 3. The van der Waals surface area contributed by atoms with Gasteiger partial charge in [-0.2, -0.15) is 0 Å². The van der Waals surface area contributed by atoms with Crippen molar-refractivity contribution in [2.45, 2.75) is 126 Å². The molecule has 3 atom stereocenters. The lowest BCUT2D eigenvalue weighted by molar-refractivity contribution is -0.129. The first-order valence-corrected chi connectivity index (χ1v) is 13.7. The average Bonchev–Trinajstić information content (AvgIpc) is 2.76. The van der Waals surface area contributed by atoms with E-state index >= 15 is 0 Å². The number of aryl methyl sites for hydroxylation is 1. The van der Waals surface area contributed by atoms with Crippen molar-refractivity contribution >= 4 is 17.3 Å². The second-order valence-corrected chi connectivity index (χ2v) is 10.8. The van der Waals surface area contributed by atoms with E-state index in [2.05, 4.69) is 61.5 Å². The Morgan fingerprint density at radius 3 is 2.09 bits per heavy atom. The first-order valence-electron chi connectivity index (χ1n) is 13.7. The summed E-state index contributed by atoms with van der Waals surface area (Å²) in [7, 11) is 0. The van der Waals surface area contributed by atoms with E-state index in [1.807, 2.05) is 0 Å². The molecule has 0 fully saturated rings. The lowest BCUT2D eigenvalue weighted by atomic mass is 9.70. The van der Waals surface area contributed by atoms with Gasteiger partial charge < -0.3 is 0 Å². The minimum atomic E-state index is -0.0744. The molecule has 34 heavy (non-hydrogen) atoms. The van der Waals surface area contributed by atoms with Crippen LogP contribution in [0, 0.1) is 31.6 Å². The molecule has 0 radical (unpaired) electrons. The third-order valence-electron chi connectivity index (χ3n) is 7.50. The minimum absolute atomic E-state index is 0.0428. The van der Waals surface area contributed by atoms with E-state index in [9.17, 15) is 14.4 Å². The summed E-state index contributed by atoms with van der Waals surface area (Å²) in [6.07, 6.45) is 7.83. The van der Waals surface area contributed by atoms with Gasteiger partial charge in [0, 0.05) is 17.9 Å². The monoisotopic (exact) mass is 470 g/mol. The maximum absolute atomic E-state index is 13.2. The van der Waals surface area contributed by atoms with Crippen LogP contribution in [0.15, 0.2) is 6.07 Å². The Balaban J connectivity index is 0.00000133. The fourth-order valence-corrected chi connectivity index (χ4v) is 5.48. The predicted molar refractivity (Wildman–Crippen MR) is 144 cm³/mol. The van der Waals surface area contributed by atoms with Gasteiger partial charge in [-0.05, 0) is 80.0 Å². The van der Waals surface area contributed by atoms with Crippen LogP contribution in [0.2, 0.25) is 0 Å². The Bertz CT molecular complexity index is 832. The molecule has 0 heterocycles. The number of unbranched alkanes of at least 4 members (excludes halogenated alkanes) is 1. The van der Waals surface area contributed by atoms with Gasteiger partial charge in [-0.15, -0.1) is 0 Å². The Morgan fingerprint density at radius 1 is 1.00 bits per heavy atom. The summed E-state index contributed by atoms with van der Waals surface area (Å²) in [5, 5.41) is 0. The van der Waals surface area contributed by atoms with Crippen LogP contribution in [0.3, 0.4) is 0 Å². The average molecular weight is 471 g/mol. The second kappa shape index (κ2) is 14.6. The zero-order valence-corrected chi connectivity index (χ0v) is 23.5. The Hall–Kier alpha value is -1.77. The number of carbonyl (C=O) groups excluding carboxylic acids is 3. The van der Waals surface area contributed by atoms with E-state index < -0.39 is 0 Å². The zero-order valence-electron chi connectivity index (χ0n) is 23.5. The smallest absolute Gasteiger partial charge is 0.163 e. The summed E-state index contributed by atoms with van der Waals surface area (Å²) < 4.78 is 0. The van der Waals surface area contributed by atoms with Crippen LogP contribution in [0.5, 0.6) is 0 Å². The summed E-state index contributed by atoms with van der Waals surface area (Å²) in [5.74, 6) is 1.14. The Kier molecular flexibility index (Phi) is 13.0. The van der Waals surface area contributed by atoms with Crippen molar-refractivity contribution in [2.24, 2.45) is 17.8 Å². The van der Waals surface area contributed by atoms with Crippen molar-refractivity contribution < 1.29 is 14.4 Å². The predicted octanol–water partition coefficient (Wildman–Crippen LogP) is 8.36. The third kappa shape index (κ3) is 8.17. The summed E-state index contributed by atoms with van der Waals surface area (Å²) in [5.41, 5.74) is 5.84. The maximum Gasteiger partial charge on any atom is 0.163 e. The lowest BCUT2D eigenvalue weighted by Gasteiger charge is -2.33. The van der Waals surface area contributed by atoms with Crippen LogP contribution >= 0.6 is 0 Å². The Morgan fingerprint density at radius 2 is 1.62 bits per heavy atom. The molecule has 192 valence electrons. The van der Waals surface area contributed by atoms with Gasteiger partial charge in [0.05, 0.1) is 6.42 Å². The molecule has 0 spiro atoms. The molecule has 1 aliphatic carbocycles. The van der Waals surface area contributed by atoms with Crippen molar-refractivity contribution in [1.82, 2.24) is 0 Å². The van der Waals surface area contributed by atoms with E-state index in [0.717, 1.165) is 43.2 Å². The molecule has 2 rings (SSSR count). The van der Waals surface area contributed by atoms with E-state index in [4.69, 9.17) is 0 Å². The van der Waals surface area contributed by atoms with Crippen molar-refractivity contribution in [1.29, 1.82) is 0 Å². The van der Waals surface area contributed by atoms with Crippen molar-refractivity contribution in [3.05, 3.63) is 33.9 Å². The van der Waals surface area contributed by atoms with E-state index in [-0.39, 0.29) is 41.5 Å². The van der Waals surface area contributed by atoms with Crippen LogP contribution in [-0.4, -0.2) is 17.3 Å². The largest absolute Gasteiger partial charge is 0.300 e. The summed E-state index contributed by atoms with van der Waals surface area (Å²) >= 11 is 0. The molecule has 0 aromatic heterocycles. The molecule has 0 saturated carbocycles. The number of hydrogen-bond acceptors (Lipinski definition) is 3. The number of hydrogen-bond donors (Lipinski definition) is 0. The molecule has 0 saturated heterocycles.